The molecule has 1 saturated heterocycles. The Labute approximate surface area is 233 Å². The highest BCUT2D eigenvalue weighted by Gasteiger charge is 2.42. The van der Waals surface area contributed by atoms with Crippen LogP contribution in [0.25, 0.3) is 0 Å². The molecule has 1 fully saturated rings. The predicted molar refractivity (Wildman–Crippen MR) is 153 cm³/mol. The van der Waals surface area contributed by atoms with Gasteiger partial charge in [0.05, 0.1) is 36.5 Å². The van der Waals surface area contributed by atoms with Crippen molar-refractivity contribution in [3.05, 3.63) is 87.3 Å². The average Bonchev–Trinajstić information content (AvgIpc) is 3.34. The summed E-state index contributed by atoms with van der Waals surface area (Å²) in [7, 11) is 1.39. The molecule has 2 aromatic carbocycles. The van der Waals surface area contributed by atoms with Gasteiger partial charge in [-0.15, -0.1) is 0 Å². The van der Waals surface area contributed by atoms with Crippen molar-refractivity contribution in [2.45, 2.75) is 39.7 Å². The van der Waals surface area contributed by atoms with E-state index in [1.54, 1.807) is 12.1 Å². The number of halogens is 1. The number of para-hydroxylation sites is 1. The Morgan fingerprint density at radius 1 is 1.10 bits per heavy atom. The van der Waals surface area contributed by atoms with Crippen LogP contribution < -0.4 is 4.90 Å². The molecular formula is C30H33FN4O3S. The van der Waals surface area contributed by atoms with E-state index >= 15 is 0 Å². The van der Waals surface area contributed by atoms with Gasteiger partial charge in [-0.2, -0.15) is 0 Å². The number of piperazine rings is 1. The maximum Gasteiger partial charge on any atom is 0.338 e. The van der Waals surface area contributed by atoms with Crippen molar-refractivity contribution >= 4 is 34.5 Å². The molecule has 7 nitrogen and oxygen atoms in total. The van der Waals surface area contributed by atoms with Crippen molar-refractivity contribution < 1.29 is 18.7 Å². The van der Waals surface area contributed by atoms with E-state index in [9.17, 15) is 14.0 Å². The molecule has 1 amide bonds. The Morgan fingerprint density at radius 2 is 1.85 bits per heavy atom. The van der Waals surface area contributed by atoms with Gasteiger partial charge in [0.2, 0.25) is 5.91 Å². The number of nitrogens with zero attached hydrogens (tertiary/aromatic N) is 4. The number of aliphatic imine (C=N–C) groups is 1. The number of amides is 1. The van der Waals surface area contributed by atoms with Gasteiger partial charge < -0.3 is 19.4 Å². The van der Waals surface area contributed by atoms with Crippen LogP contribution in [0.3, 0.4) is 0 Å². The molecular weight excluding hydrogens is 515 g/mol. The first kappa shape index (κ1) is 27.0. The highest BCUT2D eigenvalue weighted by Crippen LogP contribution is 2.46. The third kappa shape index (κ3) is 5.20. The fourth-order valence-corrected chi connectivity index (χ4v) is 6.45. The van der Waals surface area contributed by atoms with Crippen LogP contribution in [0.1, 0.15) is 42.5 Å². The molecule has 0 spiro atoms. The maximum absolute atomic E-state index is 14.3. The fraction of sp³-hybridized carbons (Fsp3) is 0.367. The summed E-state index contributed by atoms with van der Waals surface area (Å²) in [5.41, 5.74) is 5.77. The van der Waals surface area contributed by atoms with E-state index in [4.69, 9.17) is 9.73 Å². The number of amidine groups is 1. The first-order valence-electron chi connectivity index (χ1n) is 13.2. The second-order valence-electron chi connectivity index (χ2n) is 9.96. The van der Waals surface area contributed by atoms with Crippen LogP contribution in [0.2, 0.25) is 0 Å². The quantitative estimate of drug-likeness (QED) is 0.456. The number of rotatable bonds is 6. The molecule has 0 bridgehead atoms. The van der Waals surface area contributed by atoms with Crippen LogP contribution in [0.15, 0.2) is 69.8 Å². The van der Waals surface area contributed by atoms with Crippen molar-refractivity contribution in [2.75, 3.05) is 38.2 Å². The molecule has 5 rings (SSSR count). The van der Waals surface area contributed by atoms with Gasteiger partial charge in [-0.05, 0) is 48.9 Å². The number of carbonyl (C=O) groups is 2. The summed E-state index contributed by atoms with van der Waals surface area (Å²) in [5, 5.41) is 2.73. The summed E-state index contributed by atoms with van der Waals surface area (Å²) in [6.07, 6.45) is 0.771. The molecule has 0 saturated carbocycles. The van der Waals surface area contributed by atoms with Crippen LogP contribution in [0, 0.1) is 19.7 Å². The van der Waals surface area contributed by atoms with Gasteiger partial charge in [-0.25, -0.2) is 14.2 Å². The summed E-state index contributed by atoms with van der Waals surface area (Å²) in [5.74, 6) is -0.660. The van der Waals surface area contributed by atoms with Gasteiger partial charge in [0.15, 0.2) is 5.17 Å². The fourth-order valence-electron chi connectivity index (χ4n) is 5.51. The molecule has 2 aromatic rings. The van der Waals surface area contributed by atoms with E-state index in [1.807, 2.05) is 53.0 Å². The predicted octanol–water partition coefficient (Wildman–Crippen LogP) is 5.32. The van der Waals surface area contributed by atoms with E-state index in [2.05, 4.69) is 12.1 Å². The van der Waals surface area contributed by atoms with E-state index in [-0.39, 0.29) is 18.1 Å². The molecule has 3 aliphatic heterocycles. The van der Waals surface area contributed by atoms with Crippen molar-refractivity contribution in [1.29, 1.82) is 0 Å². The van der Waals surface area contributed by atoms with Gasteiger partial charge in [-0.1, -0.05) is 54.6 Å². The number of esters is 1. The largest absolute Gasteiger partial charge is 0.466 e. The molecule has 0 N–H and O–H groups in total. The molecule has 3 heterocycles. The second-order valence-corrected chi connectivity index (χ2v) is 10.8. The lowest BCUT2D eigenvalue weighted by Gasteiger charge is -2.39. The Kier molecular flexibility index (Phi) is 7.79. The number of thioether (sulfide) groups is 1. The van der Waals surface area contributed by atoms with Crippen molar-refractivity contribution in [3.8, 4) is 0 Å². The van der Waals surface area contributed by atoms with Gasteiger partial charge in [-0.3, -0.25) is 4.79 Å². The van der Waals surface area contributed by atoms with Crippen LogP contribution >= 0.6 is 11.8 Å². The SMILES string of the molecule is CCC1=C(C(=O)OC)C(c2ccc(C)cc2C)N2C(CC(=O)N3CCN(c4ccccc4F)CC3)=CSC2=N1. The summed E-state index contributed by atoms with van der Waals surface area (Å²) < 4.78 is 19.5. The maximum atomic E-state index is 14.3. The second kappa shape index (κ2) is 11.3. The summed E-state index contributed by atoms with van der Waals surface area (Å²) in [6, 6.07) is 12.5. The molecule has 9 heteroatoms. The smallest absolute Gasteiger partial charge is 0.338 e. The third-order valence-corrected chi connectivity index (χ3v) is 8.40. The van der Waals surface area contributed by atoms with E-state index in [0.29, 0.717) is 49.6 Å². The number of allylic oxidation sites excluding steroid dienone is 1. The van der Waals surface area contributed by atoms with E-state index in [0.717, 1.165) is 27.6 Å². The Hall–Kier alpha value is -3.59. The molecule has 3 aliphatic rings. The third-order valence-electron chi connectivity index (χ3n) is 7.51. The van der Waals surface area contributed by atoms with Gasteiger partial charge in [0.1, 0.15) is 5.82 Å². The van der Waals surface area contributed by atoms with Crippen LogP contribution in [-0.4, -0.2) is 60.1 Å². The molecule has 204 valence electrons. The molecule has 0 radical (unpaired) electrons. The standard InChI is InChI=1S/C30H33FN4O3S/c1-5-24-27(29(37)38-4)28(22-11-10-19(2)16-20(22)3)35-21(18-39-30(35)32-24)17-26(36)34-14-12-33(13-15-34)25-9-7-6-8-23(25)31/h6-11,16,18,28H,5,12-15,17H2,1-4H3. The van der Waals surface area contributed by atoms with Crippen LogP contribution in [-0.2, 0) is 14.3 Å². The van der Waals surface area contributed by atoms with Gasteiger partial charge in [0.25, 0.3) is 0 Å². The van der Waals surface area contributed by atoms with Gasteiger partial charge >= 0.3 is 5.97 Å². The number of methoxy groups -OCH3 is 1. The number of fused-ring (bicyclic) bond motifs is 1. The number of hydrogen-bond acceptors (Lipinski definition) is 7. The van der Waals surface area contributed by atoms with Crippen LogP contribution in [0.4, 0.5) is 10.1 Å². The Bertz CT molecular complexity index is 1390. The topological polar surface area (TPSA) is 65.5 Å². The first-order chi connectivity index (χ1) is 18.8. The van der Waals surface area contributed by atoms with Crippen molar-refractivity contribution in [2.24, 2.45) is 4.99 Å². The number of anilines is 1. The summed E-state index contributed by atoms with van der Waals surface area (Å²) in [6.45, 7) is 8.23. The van der Waals surface area contributed by atoms with E-state index in [1.165, 1.54) is 24.9 Å². The van der Waals surface area contributed by atoms with Crippen LogP contribution in [0.5, 0.6) is 0 Å². The van der Waals surface area contributed by atoms with Crippen molar-refractivity contribution in [3.63, 3.8) is 0 Å². The number of hydrogen-bond donors (Lipinski definition) is 0. The number of ether oxygens (including phenoxy) is 1. The molecule has 1 unspecified atom stereocenters. The zero-order chi connectivity index (χ0) is 27.7. The van der Waals surface area contributed by atoms with Crippen molar-refractivity contribution in [1.82, 2.24) is 9.80 Å². The van der Waals surface area contributed by atoms with E-state index < -0.39 is 12.0 Å². The minimum atomic E-state index is -0.438. The number of aryl methyl sites for hydroxylation is 2. The highest BCUT2D eigenvalue weighted by molar-refractivity contribution is 8.16. The monoisotopic (exact) mass is 548 g/mol. The number of carbonyl (C=O) groups excluding carboxylic acids is 2. The molecule has 1 atom stereocenters. The highest BCUT2D eigenvalue weighted by atomic mass is 32.2. The molecule has 39 heavy (non-hydrogen) atoms. The average molecular weight is 549 g/mol. The minimum absolute atomic E-state index is 0.000507. The minimum Gasteiger partial charge on any atom is -0.466 e. The Balaban J connectivity index is 1.39. The Morgan fingerprint density at radius 3 is 2.51 bits per heavy atom. The summed E-state index contributed by atoms with van der Waals surface area (Å²) in [4.78, 5) is 37.3. The zero-order valence-corrected chi connectivity index (χ0v) is 23.6. The normalized spacial score (nSPS) is 19.1. The molecule has 0 aliphatic carbocycles. The summed E-state index contributed by atoms with van der Waals surface area (Å²) >= 11 is 1.48. The lowest BCUT2D eigenvalue weighted by atomic mass is 9.89. The zero-order valence-electron chi connectivity index (χ0n) is 22.7. The van der Waals surface area contributed by atoms with Gasteiger partial charge in [0, 0.05) is 31.9 Å². The number of benzene rings is 2. The molecule has 0 aromatic heterocycles. The first-order valence-corrected chi connectivity index (χ1v) is 14.1. The lowest BCUT2D eigenvalue weighted by molar-refractivity contribution is -0.136. The lowest BCUT2D eigenvalue weighted by Crippen LogP contribution is -2.49.